The van der Waals surface area contributed by atoms with Gasteiger partial charge in [0.15, 0.2) is 5.85 Å². The van der Waals surface area contributed by atoms with E-state index in [-0.39, 0.29) is 5.92 Å². The predicted octanol–water partition coefficient (Wildman–Crippen LogP) is 3.41. The topological polar surface area (TPSA) is 107 Å². The highest BCUT2D eigenvalue weighted by Gasteiger charge is 2.44. The SMILES string of the molecule is COc1cccc2c1C(C1(N)Nc3ccc(Nc4nnc(C)o4)cc3CO1)CC2. The smallest absolute Gasteiger partial charge is 0.320 e. The number of fused-ring (bicyclic) bond motifs is 2. The average Bonchev–Trinajstić information content (AvgIpc) is 3.34. The second kappa shape index (κ2) is 6.75. The molecule has 0 saturated carbocycles. The molecule has 2 aliphatic rings. The van der Waals surface area contributed by atoms with Gasteiger partial charge >= 0.3 is 6.01 Å². The molecule has 0 amide bonds. The Morgan fingerprint density at radius 2 is 2.14 bits per heavy atom. The fourth-order valence-electron chi connectivity index (χ4n) is 4.27. The van der Waals surface area contributed by atoms with Crippen molar-refractivity contribution >= 4 is 17.4 Å². The molecule has 4 N–H and O–H groups in total. The Bertz CT molecular complexity index is 1070. The molecule has 1 aromatic heterocycles. The third-order valence-electron chi connectivity index (χ3n) is 5.62. The van der Waals surface area contributed by atoms with Gasteiger partial charge in [0.25, 0.3) is 0 Å². The normalized spacial score (nSPS) is 22.5. The molecule has 2 unspecified atom stereocenters. The van der Waals surface area contributed by atoms with E-state index in [1.807, 2.05) is 30.3 Å². The number of rotatable bonds is 4. The lowest BCUT2D eigenvalue weighted by Gasteiger charge is -2.41. The lowest BCUT2D eigenvalue weighted by atomic mass is 9.93. The molecule has 3 aromatic rings. The highest BCUT2D eigenvalue weighted by Crippen LogP contribution is 2.46. The summed E-state index contributed by atoms with van der Waals surface area (Å²) in [6.45, 7) is 2.15. The third-order valence-corrected chi connectivity index (χ3v) is 5.62. The number of nitrogens with two attached hydrogens (primary N) is 1. The molecular weight excluding hydrogens is 370 g/mol. The molecular formula is C21H23N5O3. The van der Waals surface area contributed by atoms with E-state index in [4.69, 9.17) is 19.6 Å². The van der Waals surface area contributed by atoms with Gasteiger partial charge in [-0.1, -0.05) is 17.2 Å². The molecule has 2 heterocycles. The van der Waals surface area contributed by atoms with Crippen LogP contribution in [0, 0.1) is 6.92 Å². The Morgan fingerprint density at radius 3 is 2.93 bits per heavy atom. The van der Waals surface area contributed by atoms with E-state index in [0.29, 0.717) is 18.5 Å². The van der Waals surface area contributed by atoms with Crippen LogP contribution >= 0.6 is 0 Å². The van der Waals surface area contributed by atoms with Gasteiger partial charge in [0.05, 0.1) is 19.6 Å². The predicted molar refractivity (Wildman–Crippen MR) is 108 cm³/mol. The number of anilines is 3. The van der Waals surface area contributed by atoms with Gasteiger partial charge in [0, 0.05) is 29.4 Å². The summed E-state index contributed by atoms with van der Waals surface area (Å²) in [5, 5.41) is 14.3. The van der Waals surface area contributed by atoms with Crippen LogP contribution in [0.1, 0.15) is 34.9 Å². The van der Waals surface area contributed by atoms with Gasteiger partial charge in [-0.15, -0.1) is 5.10 Å². The summed E-state index contributed by atoms with van der Waals surface area (Å²) < 4.78 is 17.1. The number of ether oxygens (including phenoxy) is 2. The van der Waals surface area contributed by atoms with E-state index in [0.717, 1.165) is 41.1 Å². The average molecular weight is 393 g/mol. The van der Waals surface area contributed by atoms with Crippen LogP contribution in [0.25, 0.3) is 0 Å². The minimum Gasteiger partial charge on any atom is -0.496 e. The van der Waals surface area contributed by atoms with Gasteiger partial charge in [-0.2, -0.15) is 0 Å². The van der Waals surface area contributed by atoms with Gasteiger partial charge in [-0.25, -0.2) is 0 Å². The minimum absolute atomic E-state index is 0.000898. The highest BCUT2D eigenvalue weighted by atomic mass is 16.5. The molecule has 0 bridgehead atoms. The molecule has 0 saturated heterocycles. The van der Waals surface area contributed by atoms with Crippen LogP contribution in [0.3, 0.4) is 0 Å². The van der Waals surface area contributed by atoms with Crippen molar-refractivity contribution in [3.05, 3.63) is 59.0 Å². The molecule has 5 rings (SSSR count). The van der Waals surface area contributed by atoms with E-state index >= 15 is 0 Å². The summed E-state index contributed by atoms with van der Waals surface area (Å²) in [6.07, 6.45) is 1.87. The lowest BCUT2D eigenvalue weighted by molar-refractivity contribution is -0.0578. The summed E-state index contributed by atoms with van der Waals surface area (Å²) in [4.78, 5) is 0. The van der Waals surface area contributed by atoms with Crippen LogP contribution in [-0.4, -0.2) is 23.2 Å². The van der Waals surface area contributed by atoms with Crippen molar-refractivity contribution in [1.29, 1.82) is 0 Å². The first-order chi connectivity index (χ1) is 14.1. The summed E-state index contributed by atoms with van der Waals surface area (Å²) in [5.41, 5.74) is 12.0. The number of hydrogen-bond donors (Lipinski definition) is 3. The highest BCUT2D eigenvalue weighted by molar-refractivity contribution is 5.64. The first kappa shape index (κ1) is 18.0. The Kier molecular flexibility index (Phi) is 4.18. The Balaban J connectivity index is 1.40. The number of benzene rings is 2. The second-order valence-corrected chi connectivity index (χ2v) is 7.45. The van der Waals surface area contributed by atoms with Crippen molar-refractivity contribution < 1.29 is 13.9 Å². The zero-order valence-electron chi connectivity index (χ0n) is 16.4. The molecule has 2 atom stereocenters. The van der Waals surface area contributed by atoms with Gasteiger partial charge in [0.1, 0.15) is 5.75 Å². The van der Waals surface area contributed by atoms with Crippen LogP contribution in [0.15, 0.2) is 40.8 Å². The molecule has 2 aromatic carbocycles. The largest absolute Gasteiger partial charge is 0.496 e. The molecule has 8 heteroatoms. The summed E-state index contributed by atoms with van der Waals surface area (Å²) in [7, 11) is 1.69. The second-order valence-electron chi connectivity index (χ2n) is 7.45. The molecule has 29 heavy (non-hydrogen) atoms. The first-order valence-corrected chi connectivity index (χ1v) is 9.62. The van der Waals surface area contributed by atoms with Crippen molar-refractivity contribution in [2.45, 2.75) is 38.1 Å². The molecule has 0 fully saturated rings. The van der Waals surface area contributed by atoms with Crippen LogP contribution in [0.4, 0.5) is 17.4 Å². The summed E-state index contributed by atoms with van der Waals surface area (Å²) in [6, 6.07) is 12.4. The molecule has 150 valence electrons. The van der Waals surface area contributed by atoms with Crippen LogP contribution < -0.4 is 21.1 Å². The van der Waals surface area contributed by atoms with Crippen molar-refractivity contribution in [3.63, 3.8) is 0 Å². The number of hydrogen-bond acceptors (Lipinski definition) is 8. The van der Waals surface area contributed by atoms with Crippen molar-refractivity contribution in [1.82, 2.24) is 10.2 Å². The Hall–Kier alpha value is -3.10. The van der Waals surface area contributed by atoms with Gasteiger partial charge in [0.2, 0.25) is 5.89 Å². The van der Waals surface area contributed by atoms with Crippen LogP contribution in [0.2, 0.25) is 0 Å². The maximum atomic E-state index is 6.74. The third kappa shape index (κ3) is 3.10. The number of aryl methyl sites for hydroxylation is 2. The molecule has 8 nitrogen and oxygen atoms in total. The molecule has 1 aliphatic heterocycles. The van der Waals surface area contributed by atoms with E-state index in [1.54, 1.807) is 14.0 Å². The van der Waals surface area contributed by atoms with Gasteiger partial charge in [-0.3, -0.25) is 5.73 Å². The Labute approximate surface area is 168 Å². The fourth-order valence-corrected chi connectivity index (χ4v) is 4.27. The zero-order valence-corrected chi connectivity index (χ0v) is 16.4. The maximum absolute atomic E-state index is 6.74. The van der Waals surface area contributed by atoms with Crippen molar-refractivity contribution in [2.24, 2.45) is 5.73 Å². The Morgan fingerprint density at radius 1 is 1.24 bits per heavy atom. The lowest BCUT2D eigenvalue weighted by Crippen LogP contribution is -2.56. The maximum Gasteiger partial charge on any atom is 0.320 e. The van der Waals surface area contributed by atoms with Crippen LogP contribution in [0.5, 0.6) is 5.75 Å². The summed E-state index contributed by atoms with van der Waals surface area (Å²) in [5.74, 6) is 0.378. The molecule has 0 spiro atoms. The van der Waals surface area contributed by atoms with E-state index in [2.05, 4.69) is 26.9 Å². The van der Waals surface area contributed by atoms with Crippen LogP contribution in [-0.2, 0) is 17.8 Å². The zero-order chi connectivity index (χ0) is 20.0. The van der Waals surface area contributed by atoms with E-state index in [9.17, 15) is 0 Å². The van der Waals surface area contributed by atoms with E-state index in [1.165, 1.54) is 5.56 Å². The van der Waals surface area contributed by atoms with Crippen molar-refractivity contribution in [3.8, 4) is 5.75 Å². The standard InChI is InChI=1S/C21H23N5O3/c1-12-25-26-20(29-12)23-15-7-9-17-14(10-15)11-28-21(22,24-17)16-8-6-13-4-3-5-18(27-2)19(13)16/h3-5,7,9-10,16,24H,6,8,11,22H2,1-2H3,(H,23,26). The van der Waals surface area contributed by atoms with Gasteiger partial charge < -0.3 is 24.5 Å². The first-order valence-electron chi connectivity index (χ1n) is 9.62. The molecule has 1 aliphatic carbocycles. The number of aromatic nitrogens is 2. The fraction of sp³-hybridized carbons (Fsp3) is 0.333. The molecule has 0 radical (unpaired) electrons. The number of nitrogens with one attached hydrogen (secondary N) is 2. The summed E-state index contributed by atoms with van der Waals surface area (Å²) >= 11 is 0. The number of nitrogens with zero attached hydrogens (tertiary/aromatic N) is 2. The number of methoxy groups -OCH3 is 1. The van der Waals surface area contributed by atoms with Gasteiger partial charge in [-0.05, 0) is 42.7 Å². The minimum atomic E-state index is -0.995. The quantitative estimate of drug-likeness (QED) is 0.619. The van der Waals surface area contributed by atoms with Crippen molar-refractivity contribution in [2.75, 3.05) is 17.7 Å². The van der Waals surface area contributed by atoms with E-state index < -0.39 is 5.85 Å². The monoisotopic (exact) mass is 393 g/mol.